The Balaban J connectivity index is 2.38. The van der Waals surface area contributed by atoms with Gasteiger partial charge in [-0.2, -0.15) is 0 Å². The summed E-state index contributed by atoms with van der Waals surface area (Å²) in [4.78, 5) is 3.95. The fraction of sp³-hybridized carbons (Fsp3) is 0.353. The highest BCUT2D eigenvalue weighted by Gasteiger charge is 2.18. The molecule has 0 radical (unpaired) electrons. The molecule has 0 spiro atoms. The standard InChI is InChI=1S/C17H21FN2O/c1-3-9-21-16-8-6-5-7-15(16)17(20-4-2)13-10-14(18)12-19-11-13/h5-8,10-12,17,20H,3-4,9H2,1-2H3. The Hall–Kier alpha value is -1.94. The van der Waals surface area contributed by atoms with Gasteiger partial charge in [-0.3, -0.25) is 4.98 Å². The number of hydrogen-bond acceptors (Lipinski definition) is 3. The zero-order chi connectivity index (χ0) is 15.1. The van der Waals surface area contributed by atoms with Gasteiger partial charge in [0.05, 0.1) is 18.8 Å². The molecule has 1 unspecified atom stereocenters. The summed E-state index contributed by atoms with van der Waals surface area (Å²) in [5, 5.41) is 3.37. The molecule has 2 rings (SSSR count). The molecule has 21 heavy (non-hydrogen) atoms. The molecule has 1 N–H and O–H groups in total. The van der Waals surface area contributed by atoms with E-state index < -0.39 is 0 Å². The SMILES string of the molecule is CCCOc1ccccc1C(NCC)c1cncc(F)c1. The van der Waals surface area contributed by atoms with Crippen LogP contribution in [0.4, 0.5) is 4.39 Å². The maximum absolute atomic E-state index is 13.5. The van der Waals surface area contributed by atoms with E-state index in [9.17, 15) is 4.39 Å². The maximum atomic E-state index is 13.5. The van der Waals surface area contributed by atoms with Crippen LogP contribution in [0.25, 0.3) is 0 Å². The van der Waals surface area contributed by atoms with Crippen LogP contribution >= 0.6 is 0 Å². The molecule has 112 valence electrons. The summed E-state index contributed by atoms with van der Waals surface area (Å²) >= 11 is 0. The molecule has 0 bridgehead atoms. The second kappa shape index (κ2) is 7.74. The molecular weight excluding hydrogens is 267 g/mol. The summed E-state index contributed by atoms with van der Waals surface area (Å²) in [6.45, 7) is 5.52. The number of aromatic nitrogens is 1. The highest BCUT2D eigenvalue weighted by molar-refractivity contribution is 5.41. The van der Waals surface area contributed by atoms with Crippen molar-refractivity contribution >= 4 is 0 Å². The highest BCUT2D eigenvalue weighted by Crippen LogP contribution is 2.30. The molecule has 0 aliphatic carbocycles. The Kier molecular flexibility index (Phi) is 5.69. The molecule has 1 heterocycles. The normalized spacial score (nSPS) is 12.1. The van der Waals surface area contributed by atoms with E-state index in [1.807, 2.05) is 31.2 Å². The third-order valence-corrected chi connectivity index (χ3v) is 3.16. The first-order valence-corrected chi connectivity index (χ1v) is 7.31. The first kappa shape index (κ1) is 15.4. The van der Waals surface area contributed by atoms with Crippen molar-refractivity contribution in [1.82, 2.24) is 10.3 Å². The minimum Gasteiger partial charge on any atom is -0.493 e. The van der Waals surface area contributed by atoms with Crippen LogP contribution in [0.2, 0.25) is 0 Å². The largest absolute Gasteiger partial charge is 0.493 e. The Bertz CT molecular complexity index is 574. The first-order chi connectivity index (χ1) is 10.3. The zero-order valence-corrected chi connectivity index (χ0v) is 12.5. The summed E-state index contributed by atoms with van der Waals surface area (Å²) in [5.74, 6) is 0.497. The number of hydrogen-bond donors (Lipinski definition) is 1. The Morgan fingerprint density at radius 2 is 2.05 bits per heavy atom. The van der Waals surface area contributed by atoms with Gasteiger partial charge in [-0.15, -0.1) is 0 Å². The van der Waals surface area contributed by atoms with Gasteiger partial charge in [0, 0.05) is 11.8 Å². The van der Waals surface area contributed by atoms with Gasteiger partial charge in [-0.25, -0.2) is 4.39 Å². The van der Waals surface area contributed by atoms with Crippen molar-refractivity contribution in [2.24, 2.45) is 0 Å². The van der Waals surface area contributed by atoms with E-state index in [4.69, 9.17) is 4.74 Å². The first-order valence-electron chi connectivity index (χ1n) is 7.31. The van der Waals surface area contributed by atoms with E-state index in [0.29, 0.717) is 6.61 Å². The van der Waals surface area contributed by atoms with Crippen molar-refractivity contribution in [2.45, 2.75) is 26.3 Å². The monoisotopic (exact) mass is 288 g/mol. The van der Waals surface area contributed by atoms with Gasteiger partial charge in [0.1, 0.15) is 11.6 Å². The van der Waals surface area contributed by atoms with Crippen molar-refractivity contribution in [3.05, 3.63) is 59.7 Å². The van der Waals surface area contributed by atoms with Crippen LogP contribution in [0, 0.1) is 5.82 Å². The Morgan fingerprint density at radius 1 is 1.24 bits per heavy atom. The van der Waals surface area contributed by atoms with Gasteiger partial charge >= 0.3 is 0 Å². The van der Waals surface area contributed by atoms with Crippen LogP contribution in [0.15, 0.2) is 42.7 Å². The molecule has 3 nitrogen and oxygen atoms in total. The Labute approximate surface area is 125 Å². The number of para-hydroxylation sites is 1. The van der Waals surface area contributed by atoms with Gasteiger partial charge in [-0.05, 0) is 30.7 Å². The van der Waals surface area contributed by atoms with Gasteiger partial charge < -0.3 is 10.1 Å². The number of nitrogens with one attached hydrogen (secondary N) is 1. The molecule has 1 aromatic carbocycles. The van der Waals surface area contributed by atoms with Crippen molar-refractivity contribution in [1.29, 1.82) is 0 Å². The van der Waals surface area contributed by atoms with E-state index in [1.54, 1.807) is 6.20 Å². The van der Waals surface area contributed by atoms with E-state index in [-0.39, 0.29) is 11.9 Å². The maximum Gasteiger partial charge on any atom is 0.141 e. The lowest BCUT2D eigenvalue weighted by Crippen LogP contribution is -2.23. The van der Waals surface area contributed by atoms with Crippen molar-refractivity contribution < 1.29 is 9.13 Å². The van der Waals surface area contributed by atoms with E-state index in [0.717, 1.165) is 29.8 Å². The molecular formula is C17H21FN2O. The predicted octanol–water partition coefficient (Wildman–Crippen LogP) is 3.71. The summed E-state index contributed by atoms with van der Waals surface area (Å²) in [5.41, 5.74) is 1.80. The van der Waals surface area contributed by atoms with Crippen LogP contribution in [0.3, 0.4) is 0 Å². The topological polar surface area (TPSA) is 34.1 Å². The Morgan fingerprint density at radius 3 is 2.76 bits per heavy atom. The fourth-order valence-corrected chi connectivity index (χ4v) is 2.26. The van der Waals surface area contributed by atoms with Gasteiger partial charge in [-0.1, -0.05) is 32.0 Å². The average Bonchev–Trinajstić information content (AvgIpc) is 2.51. The lowest BCUT2D eigenvalue weighted by Gasteiger charge is -2.21. The molecule has 0 aliphatic rings. The lowest BCUT2D eigenvalue weighted by atomic mass is 9.99. The number of ether oxygens (including phenoxy) is 1. The quantitative estimate of drug-likeness (QED) is 0.843. The third-order valence-electron chi connectivity index (χ3n) is 3.16. The number of pyridine rings is 1. The predicted molar refractivity (Wildman–Crippen MR) is 81.9 cm³/mol. The van der Waals surface area contributed by atoms with Crippen LogP contribution < -0.4 is 10.1 Å². The van der Waals surface area contributed by atoms with E-state index in [1.165, 1.54) is 12.3 Å². The van der Waals surface area contributed by atoms with Crippen LogP contribution in [-0.2, 0) is 0 Å². The van der Waals surface area contributed by atoms with Gasteiger partial charge in [0.15, 0.2) is 0 Å². The van der Waals surface area contributed by atoms with Gasteiger partial charge in [0.2, 0.25) is 0 Å². The summed E-state index contributed by atoms with van der Waals surface area (Å²) in [6, 6.07) is 9.24. The second-order valence-corrected chi connectivity index (χ2v) is 4.81. The summed E-state index contributed by atoms with van der Waals surface area (Å²) < 4.78 is 19.3. The molecule has 4 heteroatoms. The highest BCUT2D eigenvalue weighted by atomic mass is 19.1. The number of halogens is 1. The molecule has 0 aliphatic heterocycles. The van der Waals surface area contributed by atoms with E-state index in [2.05, 4.69) is 17.2 Å². The van der Waals surface area contributed by atoms with Crippen LogP contribution in [0.5, 0.6) is 5.75 Å². The van der Waals surface area contributed by atoms with Crippen LogP contribution in [0.1, 0.15) is 37.4 Å². The number of nitrogens with zero attached hydrogens (tertiary/aromatic N) is 1. The molecule has 0 saturated heterocycles. The van der Waals surface area contributed by atoms with Crippen molar-refractivity contribution in [3.8, 4) is 5.75 Å². The van der Waals surface area contributed by atoms with Crippen molar-refractivity contribution in [2.75, 3.05) is 13.2 Å². The molecule has 0 amide bonds. The minimum absolute atomic E-state index is 0.133. The zero-order valence-electron chi connectivity index (χ0n) is 12.5. The number of rotatable bonds is 7. The number of benzene rings is 1. The molecule has 1 atom stereocenters. The van der Waals surface area contributed by atoms with Crippen LogP contribution in [-0.4, -0.2) is 18.1 Å². The fourth-order valence-electron chi connectivity index (χ4n) is 2.26. The lowest BCUT2D eigenvalue weighted by molar-refractivity contribution is 0.311. The second-order valence-electron chi connectivity index (χ2n) is 4.81. The van der Waals surface area contributed by atoms with E-state index >= 15 is 0 Å². The summed E-state index contributed by atoms with van der Waals surface area (Å²) in [6.07, 6.45) is 3.85. The smallest absolute Gasteiger partial charge is 0.141 e. The van der Waals surface area contributed by atoms with Crippen molar-refractivity contribution in [3.63, 3.8) is 0 Å². The molecule has 1 aromatic heterocycles. The minimum atomic E-state index is -0.331. The third kappa shape index (κ3) is 4.02. The van der Waals surface area contributed by atoms with Gasteiger partial charge in [0.25, 0.3) is 0 Å². The molecule has 2 aromatic rings. The molecule has 0 fully saturated rings. The summed E-state index contributed by atoms with van der Waals surface area (Å²) in [7, 11) is 0. The molecule has 0 saturated carbocycles. The average molecular weight is 288 g/mol.